The number of hydrogen-bond donors (Lipinski definition) is 1. The molecule has 0 amide bonds. The molecule has 2 heterocycles. The van der Waals surface area contributed by atoms with Crippen LogP contribution in [0.25, 0.3) is 21.3 Å². The van der Waals surface area contributed by atoms with Crippen LogP contribution < -0.4 is 5.32 Å². The monoisotopic (exact) mass is 254 g/mol. The first-order valence-electron chi connectivity index (χ1n) is 6.05. The van der Waals surface area contributed by atoms with Gasteiger partial charge in [-0.2, -0.15) is 0 Å². The van der Waals surface area contributed by atoms with E-state index < -0.39 is 0 Å². The van der Waals surface area contributed by atoms with Crippen LogP contribution in [0.1, 0.15) is 6.92 Å². The summed E-state index contributed by atoms with van der Waals surface area (Å²) in [6, 6.07) is 12.6. The number of thiophene rings is 1. The van der Waals surface area contributed by atoms with E-state index in [2.05, 4.69) is 52.9 Å². The summed E-state index contributed by atoms with van der Waals surface area (Å²) in [6.45, 7) is 3.02. The Balaban J connectivity index is 2.13. The molecule has 2 nitrogen and oxygen atoms in total. The first-order valence-corrected chi connectivity index (χ1v) is 6.93. The molecular weight excluding hydrogens is 240 g/mol. The molecule has 0 aliphatic rings. The van der Waals surface area contributed by atoms with Gasteiger partial charge >= 0.3 is 0 Å². The number of nitrogens with one attached hydrogen (secondary N) is 1. The highest BCUT2D eigenvalue weighted by Gasteiger charge is 2.06. The van der Waals surface area contributed by atoms with Gasteiger partial charge in [0, 0.05) is 28.7 Å². The van der Waals surface area contributed by atoms with Crippen LogP contribution in [0.3, 0.4) is 0 Å². The molecule has 3 aromatic rings. The second kappa shape index (κ2) is 4.78. The first-order chi connectivity index (χ1) is 8.88. The van der Waals surface area contributed by atoms with E-state index in [-0.39, 0.29) is 0 Å². The molecule has 0 radical (unpaired) electrons. The van der Waals surface area contributed by atoms with Crippen molar-refractivity contribution in [3.05, 3.63) is 48.0 Å². The molecule has 1 aromatic carbocycles. The lowest BCUT2D eigenvalue weighted by atomic mass is 10.1. The van der Waals surface area contributed by atoms with Crippen LogP contribution in [0, 0.1) is 0 Å². The lowest BCUT2D eigenvalue weighted by Crippen LogP contribution is -1.96. The molecule has 0 spiro atoms. The summed E-state index contributed by atoms with van der Waals surface area (Å²) in [5.41, 5.74) is 3.36. The molecule has 2 aromatic heterocycles. The summed E-state index contributed by atoms with van der Waals surface area (Å²) in [7, 11) is 0. The molecule has 90 valence electrons. The number of nitrogens with zero attached hydrogens (tertiary/aromatic N) is 1. The number of anilines is 1. The van der Waals surface area contributed by atoms with Gasteiger partial charge < -0.3 is 5.32 Å². The van der Waals surface area contributed by atoms with Crippen molar-refractivity contribution in [3.8, 4) is 11.3 Å². The summed E-state index contributed by atoms with van der Waals surface area (Å²) >= 11 is 1.77. The molecule has 18 heavy (non-hydrogen) atoms. The molecule has 0 aliphatic carbocycles. The largest absolute Gasteiger partial charge is 0.385 e. The minimum absolute atomic E-state index is 0.923. The van der Waals surface area contributed by atoms with E-state index in [0.29, 0.717) is 0 Å². The van der Waals surface area contributed by atoms with Crippen molar-refractivity contribution in [2.75, 3.05) is 11.9 Å². The Morgan fingerprint density at radius 1 is 1.22 bits per heavy atom. The number of aromatic nitrogens is 1. The summed E-state index contributed by atoms with van der Waals surface area (Å²) in [6.07, 6.45) is 1.86. The van der Waals surface area contributed by atoms with E-state index in [1.807, 2.05) is 12.3 Å². The average Bonchev–Trinajstić information content (AvgIpc) is 2.87. The van der Waals surface area contributed by atoms with Crippen LogP contribution in [-0.4, -0.2) is 11.5 Å². The van der Waals surface area contributed by atoms with Crippen molar-refractivity contribution in [1.29, 1.82) is 0 Å². The van der Waals surface area contributed by atoms with Crippen molar-refractivity contribution in [2.45, 2.75) is 6.92 Å². The third kappa shape index (κ3) is 1.97. The molecule has 0 unspecified atom stereocenters. The normalized spacial score (nSPS) is 10.7. The Labute approximate surface area is 110 Å². The van der Waals surface area contributed by atoms with E-state index >= 15 is 0 Å². The van der Waals surface area contributed by atoms with Gasteiger partial charge in [0.25, 0.3) is 0 Å². The SMILES string of the molecule is CCNc1ccnc(-c2cccc3ccsc23)c1. The number of rotatable bonds is 3. The number of fused-ring (bicyclic) bond motifs is 1. The zero-order valence-electron chi connectivity index (χ0n) is 10.2. The molecule has 0 saturated carbocycles. The second-order valence-corrected chi connectivity index (χ2v) is 5.02. The first kappa shape index (κ1) is 11.2. The molecule has 0 atom stereocenters. The zero-order chi connectivity index (χ0) is 12.4. The van der Waals surface area contributed by atoms with Crippen molar-refractivity contribution >= 4 is 27.1 Å². The minimum Gasteiger partial charge on any atom is -0.385 e. The molecule has 0 bridgehead atoms. The van der Waals surface area contributed by atoms with Gasteiger partial charge in [-0.25, -0.2) is 0 Å². The van der Waals surface area contributed by atoms with E-state index in [0.717, 1.165) is 17.9 Å². The van der Waals surface area contributed by atoms with E-state index in [9.17, 15) is 0 Å². The Hall–Kier alpha value is -1.87. The fourth-order valence-electron chi connectivity index (χ4n) is 2.09. The van der Waals surface area contributed by atoms with Crippen LogP contribution in [0.4, 0.5) is 5.69 Å². The molecule has 0 fully saturated rings. The minimum atomic E-state index is 0.923. The van der Waals surface area contributed by atoms with Crippen molar-refractivity contribution in [1.82, 2.24) is 4.98 Å². The van der Waals surface area contributed by atoms with Crippen LogP contribution in [-0.2, 0) is 0 Å². The van der Waals surface area contributed by atoms with Crippen molar-refractivity contribution in [3.63, 3.8) is 0 Å². The van der Waals surface area contributed by atoms with Gasteiger partial charge in [0.2, 0.25) is 0 Å². The maximum absolute atomic E-state index is 4.49. The number of pyridine rings is 1. The summed E-state index contributed by atoms with van der Waals surface area (Å²) in [5, 5.41) is 6.74. The van der Waals surface area contributed by atoms with Crippen LogP contribution >= 0.6 is 11.3 Å². The fraction of sp³-hybridized carbons (Fsp3) is 0.133. The lowest BCUT2D eigenvalue weighted by molar-refractivity contribution is 1.20. The third-order valence-electron chi connectivity index (χ3n) is 2.90. The Bertz CT molecular complexity index is 673. The smallest absolute Gasteiger partial charge is 0.0736 e. The quantitative estimate of drug-likeness (QED) is 0.749. The number of benzene rings is 1. The Kier molecular flexibility index (Phi) is 2.99. The van der Waals surface area contributed by atoms with Gasteiger partial charge in [0.1, 0.15) is 0 Å². The predicted octanol–water partition coefficient (Wildman–Crippen LogP) is 4.40. The zero-order valence-corrected chi connectivity index (χ0v) is 11.0. The fourth-order valence-corrected chi connectivity index (χ4v) is 3.01. The van der Waals surface area contributed by atoms with Gasteiger partial charge in [-0.1, -0.05) is 18.2 Å². The molecule has 3 heteroatoms. The van der Waals surface area contributed by atoms with Gasteiger partial charge in [-0.15, -0.1) is 11.3 Å². The maximum Gasteiger partial charge on any atom is 0.0736 e. The third-order valence-corrected chi connectivity index (χ3v) is 3.86. The lowest BCUT2D eigenvalue weighted by Gasteiger charge is -2.06. The molecular formula is C15H14N2S. The highest BCUT2D eigenvalue weighted by molar-refractivity contribution is 7.17. The van der Waals surface area contributed by atoms with Crippen LogP contribution in [0.2, 0.25) is 0 Å². The summed E-state index contributed by atoms with van der Waals surface area (Å²) in [5.74, 6) is 0. The van der Waals surface area contributed by atoms with Gasteiger partial charge in [-0.3, -0.25) is 4.98 Å². The highest BCUT2D eigenvalue weighted by atomic mass is 32.1. The van der Waals surface area contributed by atoms with Gasteiger partial charge in [0.05, 0.1) is 5.69 Å². The van der Waals surface area contributed by atoms with E-state index in [1.54, 1.807) is 11.3 Å². The number of hydrogen-bond acceptors (Lipinski definition) is 3. The second-order valence-electron chi connectivity index (χ2n) is 4.10. The van der Waals surface area contributed by atoms with Crippen LogP contribution in [0.5, 0.6) is 0 Å². The summed E-state index contributed by atoms with van der Waals surface area (Å²) < 4.78 is 1.30. The molecule has 1 N–H and O–H groups in total. The molecule has 3 rings (SSSR count). The van der Waals surface area contributed by atoms with Crippen LogP contribution in [0.15, 0.2) is 48.0 Å². The maximum atomic E-state index is 4.49. The average molecular weight is 254 g/mol. The highest BCUT2D eigenvalue weighted by Crippen LogP contribution is 2.32. The topological polar surface area (TPSA) is 24.9 Å². The van der Waals surface area contributed by atoms with Gasteiger partial charge in [0.15, 0.2) is 0 Å². The molecule has 0 aliphatic heterocycles. The van der Waals surface area contributed by atoms with Crippen molar-refractivity contribution < 1.29 is 0 Å². The van der Waals surface area contributed by atoms with E-state index in [4.69, 9.17) is 0 Å². The Morgan fingerprint density at radius 3 is 3.06 bits per heavy atom. The van der Waals surface area contributed by atoms with Gasteiger partial charge in [-0.05, 0) is 35.9 Å². The van der Waals surface area contributed by atoms with E-state index in [1.165, 1.54) is 15.6 Å². The predicted molar refractivity (Wildman–Crippen MR) is 79.2 cm³/mol. The Morgan fingerprint density at radius 2 is 2.17 bits per heavy atom. The molecule has 0 saturated heterocycles. The standard InChI is InChI=1S/C15H14N2S/c1-2-16-12-6-8-17-14(10-12)13-5-3-4-11-7-9-18-15(11)13/h3-10H,2H2,1H3,(H,16,17). The summed E-state index contributed by atoms with van der Waals surface area (Å²) in [4.78, 5) is 4.49. The van der Waals surface area contributed by atoms with Crippen molar-refractivity contribution in [2.24, 2.45) is 0 Å².